The van der Waals surface area contributed by atoms with E-state index in [4.69, 9.17) is 14.2 Å². The van der Waals surface area contributed by atoms with Gasteiger partial charge in [-0.1, -0.05) is 0 Å². The minimum atomic E-state index is -1.04. The highest BCUT2D eigenvalue weighted by molar-refractivity contribution is 4.81. The van der Waals surface area contributed by atoms with E-state index in [1.165, 1.54) is 14.2 Å². The van der Waals surface area contributed by atoms with Gasteiger partial charge in [-0.25, -0.2) is 0 Å². The molecule has 0 aromatic carbocycles. The van der Waals surface area contributed by atoms with Crippen molar-refractivity contribution in [2.75, 3.05) is 14.2 Å². The molecule has 0 saturated carbocycles. The largest absolute Gasteiger partial charge is 0.385 e. The molecule has 5 nitrogen and oxygen atoms in total. The number of rotatable bonds is 2. The summed E-state index contributed by atoms with van der Waals surface area (Å²) < 4.78 is 14.4. The molecule has 0 amide bonds. The number of aliphatic hydroxyl groups is 2. The van der Waals surface area contributed by atoms with Crippen molar-refractivity contribution in [3.05, 3.63) is 0 Å². The Morgan fingerprint density at radius 3 is 1.55 bits per heavy atom. The Balaban J connectivity index is 2.53. The van der Waals surface area contributed by atoms with Gasteiger partial charge in [0.05, 0.1) is 0 Å². The lowest BCUT2D eigenvalue weighted by Gasteiger charge is -2.10. The first kappa shape index (κ1) is 8.89. The predicted molar refractivity (Wildman–Crippen MR) is 34.7 cm³/mol. The molecule has 1 fully saturated rings. The third-order valence-corrected chi connectivity index (χ3v) is 1.64. The van der Waals surface area contributed by atoms with Crippen molar-refractivity contribution in [1.29, 1.82) is 0 Å². The summed E-state index contributed by atoms with van der Waals surface area (Å²) in [5, 5.41) is 18.4. The second-order valence-electron chi connectivity index (χ2n) is 2.33. The van der Waals surface area contributed by atoms with Crippen LogP contribution in [0.4, 0.5) is 0 Å². The second kappa shape index (κ2) is 3.46. The van der Waals surface area contributed by atoms with Crippen LogP contribution in [0.2, 0.25) is 0 Å². The molecule has 66 valence electrons. The third kappa shape index (κ3) is 1.52. The average molecular weight is 164 g/mol. The highest BCUT2D eigenvalue weighted by Gasteiger charge is 2.43. The molecule has 1 aliphatic heterocycles. The minimum absolute atomic E-state index is 0.796. The molecule has 1 saturated heterocycles. The Kier molecular flexibility index (Phi) is 2.80. The van der Waals surface area contributed by atoms with Gasteiger partial charge >= 0.3 is 0 Å². The SMILES string of the molecule is COC1OC(OC)C(O)C1O. The monoisotopic (exact) mass is 164 g/mol. The molecule has 0 radical (unpaired) electrons. The fraction of sp³-hybridized carbons (Fsp3) is 1.00. The van der Waals surface area contributed by atoms with Gasteiger partial charge in [-0.2, -0.15) is 0 Å². The van der Waals surface area contributed by atoms with Gasteiger partial charge in [0.2, 0.25) is 0 Å². The normalized spacial score (nSPS) is 44.7. The zero-order valence-corrected chi connectivity index (χ0v) is 6.43. The smallest absolute Gasteiger partial charge is 0.189 e. The van der Waals surface area contributed by atoms with E-state index in [0.717, 1.165) is 0 Å². The Hall–Kier alpha value is -0.200. The van der Waals surface area contributed by atoms with E-state index in [1.54, 1.807) is 0 Å². The van der Waals surface area contributed by atoms with Crippen molar-refractivity contribution in [3.8, 4) is 0 Å². The maximum absolute atomic E-state index is 9.18. The van der Waals surface area contributed by atoms with Crippen LogP contribution in [0.1, 0.15) is 0 Å². The molecule has 4 atom stereocenters. The van der Waals surface area contributed by atoms with Crippen molar-refractivity contribution in [2.45, 2.75) is 24.8 Å². The van der Waals surface area contributed by atoms with Crippen molar-refractivity contribution in [3.63, 3.8) is 0 Å². The van der Waals surface area contributed by atoms with Gasteiger partial charge in [-0.15, -0.1) is 0 Å². The number of hydrogen-bond donors (Lipinski definition) is 2. The molecule has 4 unspecified atom stereocenters. The van der Waals surface area contributed by atoms with Gasteiger partial charge in [0, 0.05) is 14.2 Å². The van der Waals surface area contributed by atoms with Crippen LogP contribution in [0.15, 0.2) is 0 Å². The molecule has 0 aliphatic carbocycles. The Labute approximate surface area is 64.5 Å². The van der Waals surface area contributed by atoms with Crippen LogP contribution in [-0.4, -0.2) is 49.2 Å². The average Bonchev–Trinajstić information content (AvgIpc) is 2.30. The molecule has 11 heavy (non-hydrogen) atoms. The molecule has 0 aromatic rings. The molecule has 0 aromatic heterocycles. The standard InChI is InChI=1S/C6H12O5/c1-9-5-3(7)4(8)6(10-2)11-5/h3-8H,1-2H3. The van der Waals surface area contributed by atoms with Gasteiger partial charge in [-0.3, -0.25) is 0 Å². The van der Waals surface area contributed by atoms with Gasteiger partial charge < -0.3 is 24.4 Å². The molecule has 1 heterocycles. The molecule has 0 spiro atoms. The van der Waals surface area contributed by atoms with Gasteiger partial charge in [-0.05, 0) is 0 Å². The summed E-state index contributed by atoms with van der Waals surface area (Å²) in [7, 11) is 2.78. The van der Waals surface area contributed by atoms with Crippen molar-refractivity contribution in [2.24, 2.45) is 0 Å². The van der Waals surface area contributed by atoms with Crippen molar-refractivity contribution >= 4 is 0 Å². The molecular formula is C6H12O5. The quantitative estimate of drug-likeness (QED) is 0.530. The van der Waals surface area contributed by atoms with Crippen molar-refractivity contribution < 1.29 is 24.4 Å². The van der Waals surface area contributed by atoms with E-state index in [1.807, 2.05) is 0 Å². The summed E-state index contributed by atoms with van der Waals surface area (Å²) in [5.74, 6) is 0. The first-order valence-corrected chi connectivity index (χ1v) is 3.28. The summed E-state index contributed by atoms with van der Waals surface area (Å²) in [6, 6.07) is 0. The van der Waals surface area contributed by atoms with Crippen molar-refractivity contribution in [1.82, 2.24) is 0 Å². The first-order chi connectivity index (χ1) is 5.20. The highest BCUT2D eigenvalue weighted by Crippen LogP contribution is 2.21. The second-order valence-corrected chi connectivity index (χ2v) is 2.33. The molecule has 1 aliphatic rings. The van der Waals surface area contributed by atoms with E-state index >= 15 is 0 Å². The van der Waals surface area contributed by atoms with E-state index in [9.17, 15) is 10.2 Å². The summed E-state index contributed by atoms with van der Waals surface area (Å²) in [6.45, 7) is 0. The van der Waals surface area contributed by atoms with Gasteiger partial charge in [0.1, 0.15) is 12.2 Å². The number of methoxy groups -OCH3 is 2. The Morgan fingerprint density at radius 2 is 1.36 bits per heavy atom. The zero-order valence-electron chi connectivity index (χ0n) is 6.43. The maximum Gasteiger partial charge on any atom is 0.189 e. The van der Waals surface area contributed by atoms with Gasteiger partial charge in [0.15, 0.2) is 12.6 Å². The van der Waals surface area contributed by atoms with Crippen LogP contribution in [0.3, 0.4) is 0 Å². The van der Waals surface area contributed by atoms with Crippen LogP contribution >= 0.6 is 0 Å². The lowest BCUT2D eigenvalue weighted by Crippen LogP contribution is -2.33. The van der Waals surface area contributed by atoms with Crippen LogP contribution in [0, 0.1) is 0 Å². The Bertz CT molecular complexity index is 110. The van der Waals surface area contributed by atoms with Crippen LogP contribution in [0.25, 0.3) is 0 Å². The minimum Gasteiger partial charge on any atom is -0.385 e. The van der Waals surface area contributed by atoms with E-state index < -0.39 is 24.8 Å². The summed E-state index contributed by atoms with van der Waals surface area (Å²) >= 11 is 0. The summed E-state index contributed by atoms with van der Waals surface area (Å²) in [6.07, 6.45) is -3.67. The van der Waals surface area contributed by atoms with E-state index in [2.05, 4.69) is 0 Å². The lowest BCUT2D eigenvalue weighted by atomic mass is 10.2. The summed E-state index contributed by atoms with van der Waals surface area (Å²) in [4.78, 5) is 0. The van der Waals surface area contributed by atoms with Gasteiger partial charge in [0.25, 0.3) is 0 Å². The predicted octanol–water partition coefficient (Wildman–Crippen LogP) is -1.32. The van der Waals surface area contributed by atoms with Crippen LogP contribution < -0.4 is 0 Å². The topological polar surface area (TPSA) is 68.2 Å². The maximum atomic E-state index is 9.18. The zero-order chi connectivity index (χ0) is 8.43. The lowest BCUT2D eigenvalue weighted by molar-refractivity contribution is -0.205. The third-order valence-electron chi connectivity index (χ3n) is 1.64. The molecule has 5 heteroatoms. The summed E-state index contributed by atoms with van der Waals surface area (Å²) in [5.41, 5.74) is 0. The fourth-order valence-corrected chi connectivity index (χ4v) is 1.01. The highest BCUT2D eigenvalue weighted by atomic mass is 16.8. The molecule has 2 N–H and O–H groups in total. The van der Waals surface area contributed by atoms with Crippen LogP contribution in [0.5, 0.6) is 0 Å². The number of hydrogen-bond acceptors (Lipinski definition) is 5. The molecular weight excluding hydrogens is 152 g/mol. The first-order valence-electron chi connectivity index (χ1n) is 3.28. The molecule has 0 bridgehead atoms. The van der Waals surface area contributed by atoms with Crippen LogP contribution in [-0.2, 0) is 14.2 Å². The number of aliphatic hydroxyl groups excluding tert-OH is 2. The van der Waals surface area contributed by atoms with E-state index in [-0.39, 0.29) is 0 Å². The Morgan fingerprint density at radius 1 is 1.00 bits per heavy atom. The molecule has 1 rings (SSSR count). The number of ether oxygens (including phenoxy) is 3. The fourth-order valence-electron chi connectivity index (χ4n) is 1.01. The van der Waals surface area contributed by atoms with E-state index in [0.29, 0.717) is 0 Å².